The predicted octanol–water partition coefficient (Wildman–Crippen LogP) is 1.35. The van der Waals surface area contributed by atoms with E-state index < -0.39 is 11.9 Å². The molecule has 2 heterocycles. The Morgan fingerprint density at radius 1 is 1.35 bits per heavy atom. The van der Waals surface area contributed by atoms with Crippen LogP contribution in [0.5, 0.6) is 0 Å². The molecule has 0 aromatic rings. The van der Waals surface area contributed by atoms with Gasteiger partial charge in [-0.15, -0.1) is 0 Å². The molecule has 5 nitrogen and oxygen atoms in total. The summed E-state index contributed by atoms with van der Waals surface area (Å²) in [6.45, 7) is 6.97. The quantitative estimate of drug-likeness (QED) is 0.706. The van der Waals surface area contributed by atoms with Crippen LogP contribution in [0.15, 0.2) is 0 Å². The first kappa shape index (κ1) is 12.6. The van der Waals surface area contributed by atoms with E-state index in [1.807, 2.05) is 20.8 Å². The van der Waals surface area contributed by atoms with Gasteiger partial charge in [0, 0.05) is 13.1 Å². The maximum atomic E-state index is 11.8. The Hall–Kier alpha value is -0.810. The molecule has 2 rings (SSSR count). The Morgan fingerprint density at radius 3 is 2.29 bits per heavy atom. The van der Waals surface area contributed by atoms with Crippen molar-refractivity contribution < 1.29 is 19.4 Å². The SMILES string of the molecule is CC(C)(C)OC(=O)N1CCC(C2OC2O)CC1. The van der Waals surface area contributed by atoms with Gasteiger partial charge >= 0.3 is 6.09 Å². The summed E-state index contributed by atoms with van der Waals surface area (Å²) in [4.78, 5) is 13.5. The summed E-state index contributed by atoms with van der Waals surface area (Å²) in [6.07, 6.45) is 0.930. The van der Waals surface area contributed by atoms with E-state index in [0.717, 1.165) is 12.8 Å². The number of epoxide rings is 1. The summed E-state index contributed by atoms with van der Waals surface area (Å²) >= 11 is 0. The third-order valence-electron chi connectivity index (χ3n) is 3.16. The molecule has 0 aromatic heterocycles. The van der Waals surface area contributed by atoms with Gasteiger partial charge in [0.15, 0.2) is 6.29 Å². The first-order valence-corrected chi connectivity index (χ1v) is 6.18. The largest absolute Gasteiger partial charge is 0.444 e. The van der Waals surface area contributed by atoms with E-state index in [0.29, 0.717) is 19.0 Å². The Bertz CT molecular complexity index is 291. The third kappa shape index (κ3) is 3.33. The van der Waals surface area contributed by atoms with Crippen LogP contribution in [0.25, 0.3) is 0 Å². The minimum atomic E-state index is -0.576. The normalized spacial score (nSPS) is 30.2. The maximum Gasteiger partial charge on any atom is 0.410 e. The first-order valence-electron chi connectivity index (χ1n) is 6.18. The Balaban J connectivity index is 1.76. The van der Waals surface area contributed by atoms with Crippen molar-refractivity contribution in [3.63, 3.8) is 0 Å². The van der Waals surface area contributed by atoms with Crippen molar-refractivity contribution >= 4 is 6.09 Å². The fraction of sp³-hybridized carbons (Fsp3) is 0.917. The second-order valence-corrected chi connectivity index (χ2v) is 5.80. The first-order chi connectivity index (χ1) is 7.87. The van der Waals surface area contributed by atoms with Gasteiger partial charge in [-0.3, -0.25) is 0 Å². The van der Waals surface area contributed by atoms with Crippen LogP contribution in [0, 0.1) is 5.92 Å². The number of carbonyl (C=O) groups is 1. The highest BCUT2D eigenvalue weighted by Crippen LogP contribution is 2.34. The molecule has 0 bridgehead atoms. The van der Waals surface area contributed by atoms with Gasteiger partial charge in [-0.1, -0.05) is 0 Å². The lowest BCUT2D eigenvalue weighted by molar-refractivity contribution is 0.0173. The topological polar surface area (TPSA) is 62.3 Å². The monoisotopic (exact) mass is 243 g/mol. The molecule has 0 spiro atoms. The smallest absolute Gasteiger partial charge is 0.410 e. The summed E-state index contributed by atoms with van der Waals surface area (Å²) < 4.78 is 10.4. The van der Waals surface area contributed by atoms with Crippen molar-refractivity contribution in [3.8, 4) is 0 Å². The molecule has 1 N–H and O–H groups in total. The summed E-state index contributed by atoms with van der Waals surface area (Å²) in [5.74, 6) is 0.378. The summed E-state index contributed by atoms with van der Waals surface area (Å²) in [7, 11) is 0. The molecular weight excluding hydrogens is 222 g/mol. The molecule has 2 atom stereocenters. The zero-order valence-electron chi connectivity index (χ0n) is 10.7. The molecule has 2 unspecified atom stereocenters. The molecule has 2 fully saturated rings. The molecule has 0 radical (unpaired) electrons. The Morgan fingerprint density at radius 2 is 1.88 bits per heavy atom. The van der Waals surface area contributed by atoms with Gasteiger partial charge in [-0.25, -0.2) is 4.79 Å². The average molecular weight is 243 g/mol. The highest BCUT2D eigenvalue weighted by Gasteiger charge is 2.45. The minimum Gasteiger partial charge on any atom is -0.444 e. The fourth-order valence-electron chi connectivity index (χ4n) is 2.20. The van der Waals surface area contributed by atoms with Crippen LogP contribution < -0.4 is 0 Å². The lowest BCUT2D eigenvalue weighted by atomic mass is 9.94. The molecular formula is C12H21NO4. The van der Waals surface area contributed by atoms with Crippen molar-refractivity contribution in [1.29, 1.82) is 0 Å². The van der Waals surface area contributed by atoms with Crippen LogP contribution in [0.4, 0.5) is 4.79 Å². The van der Waals surface area contributed by atoms with Gasteiger partial charge in [0.2, 0.25) is 0 Å². The van der Waals surface area contributed by atoms with Gasteiger partial charge in [0.05, 0.1) is 0 Å². The predicted molar refractivity (Wildman–Crippen MR) is 61.4 cm³/mol. The van der Waals surface area contributed by atoms with Crippen molar-refractivity contribution in [2.24, 2.45) is 5.92 Å². The van der Waals surface area contributed by atoms with Crippen LogP contribution in [0.3, 0.4) is 0 Å². The zero-order chi connectivity index (χ0) is 12.6. The van der Waals surface area contributed by atoms with Crippen molar-refractivity contribution in [1.82, 2.24) is 4.90 Å². The number of carbonyl (C=O) groups excluding carboxylic acids is 1. The second kappa shape index (κ2) is 4.46. The number of likely N-dealkylation sites (tertiary alicyclic amines) is 1. The maximum absolute atomic E-state index is 11.8. The second-order valence-electron chi connectivity index (χ2n) is 5.80. The van der Waals surface area contributed by atoms with Gasteiger partial charge in [-0.05, 0) is 39.5 Å². The number of nitrogens with zero attached hydrogens (tertiary/aromatic N) is 1. The molecule has 2 aliphatic rings. The number of aliphatic hydroxyl groups excluding tert-OH is 1. The number of hydrogen-bond acceptors (Lipinski definition) is 4. The van der Waals surface area contributed by atoms with E-state index in [-0.39, 0.29) is 12.2 Å². The van der Waals surface area contributed by atoms with E-state index in [2.05, 4.69) is 0 Å². The highest BCUT2D eigenvalue weighted by molar-refractivity contribution is 5.68. The molecule has 2 saturated heterocycles. The molecule has 0 aromatic carbocycles. The number of piperidine rings is 1. The van der Waals surface area contributed by atoms with Crippen LogP contribution in [-0.4, -0.2) is 47.2 Å². The minimum absolute atomic E-state index is 0.00390. The number of hydrogen-bond donors (Lipinski definition) is 1. The molecule has 5 heteroatoms. The van der Waals surface area contributed by atoms with Gasteiger partial charge in [-0.2, -0.15) is 0 Å². The fourth-order valence-corrected chi connectivity index (χ4v) is 2.20. The molecule has 98 valence electrons. The lowest BCUT2D eigenvalue weighted by Gasteiger charge is -2.32. The van der Waals surface area contributed by atoms with Crippen LogP contribution in [-0.2, 0) is 9.47 Å². The average Bonchev–Trinajstić information content (AvgIpc) is 2.93. The zero-order valence-corrected chi connectivity index (χ0v) is 10.7. The standard InChI is InChI=1S/C12H21NO4/c1-12(2,3)17-11(15)13-6-4-8(5-7-13)9-10(14)16-9/h8-10,14H,4-7H2,1-3H3. The molecule has 1 amide bonds. The van der Waals surface area contributed by atoms with Gasteiger partial charge in [0.1, 0.15) is 11.7 Å². The van der Waals surface area contributed by atoms with Gasteiger partial charge in [0.25, 0.3) is 0 Å². The molecule has 0 saturated carbocycles. The van der Waals surface area contributed by atoms with Crippen molar-refractivity contribution in [2.75, 3.05) is 13.1 Å². The van der Waals surface area contributed by atoms with E-state index in [1.165, 1.54) is 0 Å². The number of aliphatic hydroxyl groups is 1. The van der Waals surface area contributed by atoms with Crippen LogP contribution in [0.1, 0.15) is 33.6 Å². The highest BCUT2D eigenvalue weighted by atomic mass is 16.7. The molecule has 2 aliphatic heterocycles. The number of ether oxygens (including phenoxy) is 2. The van der Waals surface area contributed by atoms with Crippen molar-refractivity contribution in [2.45, 2.75) is 51.6 Å². The number of rotatable bonds is 1. The summed E-state index contributed by atoms with van der Waals surface area (Å²) in [5.41, 5.74) is -0.441. The summed E-state index contributed by atoms with van der Waals surface area (Å²) in [6, 6.07) is 0. The van der Waals surface area contributed by atoms with Crippen molar-refractivity contribution in [3.05, 3.63) is 0 Å². The van der Waals surface area contributed by atoms with E-state index in [4.69, 9.17) is 9.47 Å². The van der Waals surface area contributed by atoms with E-state index in [9.17, 15) is 9.90 Å². The van der Waals surface area contributed by atoms with Crippen LogP contribution >= 0.6 is 0 Å². The van der Waals surface area contributed by atoms with E-state index in [1.54, 1.807) is 4.90 Å². The molecule has 0 aliphatic carbocycles. The van der Waals surface area contributed by atoms with Gasteiger partial charge < -0.3 is 19.5 Å². The number of amides is 1. The Kier molecular flexibility index (Phi) is 3.32. The summed E-state index contributed by atoms with van der Waals surface area (Å²) in [5, 5.41) is 9.18. The van der Waals surface area contributed by atoms with E-state index >= 15 is 0 Å². The van der Waals surface area contributed by atoms with Crippen LogP contribution in [0.2, 0.25) is 0 Å². The molecule has 17 heavy (non-hydrogen) atoms. The third-order valence-corrected chi connectivity index (χ3v) is 3.16. The Labute approximate surface area is 102 Å². The lowest BCUT2D eigenvalue weighted by Crippen LogP contribution is -2.42.